The van der Waals surface area contributed by atoms with Crippen molar-refractivity contribution in [3.8, 4) is 5.88 Å². The van der Waals surface area contributed by atoms with Crippen molar-refractivity contribution in [2.45, 2.75) is 11.4 Å². The van der Waals surface area contributed by atoms with Crippen LogP contribution in [0.25, 0.3) is 0 Å². The Balaban J connectivity index is 1.65. The normalized spacial score (nSPS) is 11.1. The minimum atomic E-state index is -3.80. The summed E-state index contributed by atoms with van der Waals surface area (Å²) in [5.41, 5.74) is -0.0144. The Labute approximate surface area is 168 Å². The lowest BCUT2D eigenvalue weighted by molar-refractivity contribution is -0.385. The first kappa shape index (κ1) is 20.2. The second-order valence-corrected chi connectivity index (χ2v) is 8.07. The maximum Gasteiger partial charge on any atom is 0.350 e. The number of benzene rings is 1. The number of rotatable bonds is 8. The van der Waals surface area contributed by atoms with Crippen LogP contribution in [0.5, 0.6) is 5.88 Å². The molecule has 152 valence electrons. The van der Waals surface area contributed by atoms with E-state index in [0.717, 1.165) is 22.2 Å². The molecule has 0 aliphatic rings. The van der Waals surface area contributed by atoms with Gasteiger partial charge in [0.2, 0.25) is 5.91 Å². The molecule has 0 unspecified atom stereocenters. The summed E-state index contributed by atoms with van der Waals surface area (Å²) in [6.07, 6.45) is 2.56. The van der Waals surface area contributed by atoms with Crippen LogP contribution in [0.1, 0.15) is 0 Å². The predicted octanol–water partition coefficient (Wildman–Crippen LogP) is 1.70. The first-order valence-electron chi connectivity index (χ1n) is 7.86. The number of aromatic nitrogens is 3. The van der Waals surface area contributed by atoms with Gasteiger partial charge in [-0.15, -0.1) is 16.4 Å². The molecule has 2 aromatic heterocycles. The molecule has 0 spiro atoms. The standard InChI is InChI=1S/C15H14N6O6S2/c1-27-14-12(21(23)24)8-20(18-14)9-13(22)17-10-2-4-11(5-3-10)29(25,26)19-15-16-6-7-28-15/h2-8H,9H2,1H3,(H,16,19)(H,17,22). The molecule has 0 fully saturated rings. The van der Waals surface area contributed by atoms with Crippen LogP contribution in [0, 0.1) is 10.1 Å². The van der Waals surface area contributed by atoms with Gasteiger partial charge in [-0.3, -0.25) is 24.3 Å². The van der Waals surface area contributed by atoms with E-state index in [0.29, 0.717) is 5.69 Å². The van der Waals surface area contributed by atoms with Crippen LogP contribution < -0.4 is 14.8 Å². The van der Waals surface area contributed by atoms with E-state index in [9.17, 15) is 23.3 Å². The predicted molar refractivity (Wildman–Crippen MR) is 103 cm³/mol. The minimum Gasteiger partial charge on any atom is -0.475 e. The van der Waals surface area contributed by atoms with Gasteiger partial charge in [0.15, 0.2) is 5.13 Å². The first-order chi connectivity index (χ1) is 13.8. The number of anilines is 2. The molecule has 0 bridgehead atoms. The van der Waals surface area contributed by atoms with Crippen LogP contribution in [-0.4, -0.2) is 41.1 Å². The molecule has 1 aromatic carbocycles. The summed E-state index contributed by atoms with van der Waals surface area (Å²) < 4.78 is 32.8. The van der Waals surface area contributed by atoms with Gasteiger partial charge in [0.1, 0.15) is 12.7 Å². The number of hydrogen-bond acceptors (Lipinski definition) is 9. The van der Waals surface area contributed by atoms with Crippen LogP contribution >= 0.6 is 11.3 Å². The lowest BCUT2D eigenvalue weighted by atomic mass is 10.3. The van der Waals surface area contributed by atoms with Crippen LogP contribution in [0.3, 0.4) is 0 Å². The molecule has 1 amide bonds. The van der Waals surface area contributed by atoms with E-state index in [2.05, 4.69) is 20.1 Å². The third-order valence-electron chi connectivity index (χ3n) is 3.51. The maximum absolute atomic E-state index is 12.3. The number of sulfonamides is 1. The molecule has 2 N–H and O–H groups in total. The van der Waals surface area contributed by atoms with E-state index >= 15 is 0 Å². The van der Waals surface area contributed by atoms with Crippen molar-refractivity contribution in [2.24, 2.45) is 0 Å². The van der Waals surface area contributed by atoms with E-state index < -0.39 is 20.9 Å². The third kappa shape index (κ3) is 4.85. The third-order valence-corrected chi connectivity index (χ3v) is 5.68. The maximum atomic E-state index is 12.3. The first-order valence-corrected chi connectivity index (χ1v) is 10.2. The smallest absolute Gasteiger partial charge is 0.350 e. The van der Waals surface area contributed by atoms with E-state index in [-0.39, 0.29) is 28.1 Å². The average molecular weight is 438 g/mol. The number of ether oxygens (including phenoxy) is 1. The Morgan fingerprint density at radius 2 is 2.07 bits per heavy atom. The highest BCUT2D eigenvalue weighted by atomic mass is 32.2. The van der Waals surface area contributed by atoms with E-state index in [1.54, 1.807) is 5.38 Å². The summed E-state index contributed by atoms with van der Waals surface area (Å²) in [6, 6.07) is 5.49. The summed E-state index contributed by atoms with van der Waals surface area (Å²) in [5, 5.41) is 19.1. The zero-order valence-electron chi connectivity index (χ0n) is 14.8. The number of nitro groups is 1. The number of carbonyl (C=O) groups excluding carboxylic acids is 1. The van der Waals surface area contributed by atoms with E-state index in [1.165, 1.54) is 37.6 Å². The molecule has 3 rings (SSSR count). The number of hydrogen-bond donors (Lipinski definition) is 2. The van der Waals surface area contributed by atoms with Gasteiger partial charge in [0.05, 0.1) is 16.9 Å². The second kappa shape index (κ2) is 8.24. The van der Waals surface area contributed by atoms with Crippen molar-refractivity contribution in [3.63, 3.8) is 0 Å². The zero-order valence-corrected chi connectivity index (χ0v) is 16.4. The van der Waals surface area contributed by atoms with Crippen LogP contribution in [0.2, 0.25) is 0 Å². The zero-order chi connectivity index (χ0) is 21.0. The summed E-state index contributed by atoms with van der Waals surface area (Å²) >= 11 is 1.15. The Morgan fingerprint density at radius 3 is 2.62 bits per heavy atom. The van der Waals surface area contributed by atoms with Gasteiger partial charge in [-0.1, -0.05) is 0 Å². The van der Waals surface area contributed by atoms with Gasteiger partial charge < -0.3 is 10.1 Å². The summed E-state index contributed by atoms with van der Waals surface area (Å²) in [4.78, 5) is 26.2. The lowest BCUT2D eigenvalue weighted by Crippen LogP contribution is -2.19. The highest BCUT2D eigenvalue weighted by molar-refractivity contribution is 7.93. The van der Waals surface area contributed by atoms with Crippen LogP contribution in [0.15, 0.2) is 46.9 Å². The molecule has 14 heteroatoms. The Hall–Kier alpha value is -3.52. The highest BCUT2D eigenvalue weighted by Gasteiger charge is 2.21. The van der Waals surface area contributed by atoms with Crippen molar-refractivity contribution in [1.29, 1.82) is 0 Å². The number of thiazole rings is 1. The summed E-state index contributed by atoms with van der Waals surface area (Å²) in [5.74, 6) is -0.716. The number of nitrogens with zero attached hydrogens (tertiary/aromatic N) is 4. The quantitative estimate of drug-likeness (QED) is 0.397. The SMILES string of the molecule is COc1nn(CC(=O)Nc2ccc(S(=O)(=O)Nc3nccs3)cc2)cc1[N+](=O)[O-]. The largest absolute Gasteiger partial charge is 0.475 e. The fourth-order valence-electron chi connectivity index (χ4n) is 2.26. The average Bonchev–Trinajstić information content (AvgIpc) is 3.31. The van der Waals surface area contributed by atoms with Crippen molar-refractivity contribution < 1.29 is 22.9 Å². The van der Waals surface area contributed by atoms with Gasteiger partial charge in [-0.25, -0.2) is 13.4 Å². The Kier molecular flexibility index (Phi) is 5.74. The number of carbonyl (C=O) groups is 1. The molecule has 0 aliphatic carbocycles. The second-order valence-electron chi connectivity index (χ2n) is 5.49. The molecule has 2 heterocycles. The molecular weight excluding hydrogens is 424 g/mol. The lowest BCUT2D eigenvalue weighted by Gasteiger charge is -2.08. The van der Waals surface area contributed by atoms with Gasteiger partial charge in [-0.05, 0) is 24.3 Å². The van der Waals surface area contributed by atoms with Crippen molar-refractivity contribution in [2.75, 3.05) is 17.1 Å². The molecular formula is C15H14N6O6S2. The summed E-state index contributed by atoms with van der Waals surface area (Å²) in [6.45, 7) is -0.296. The van der Waals surface area contributed by atoms with Gasteiger partial charge in [-0.2, -0.15) is 0 Å². The fraction of sp³-hybridized carbons (Fsp3) is 0.133. The van der Waals surface area contributed by atoms with Crippen LogP contribution in [0.4, 0.5) is 16.5 Å². The van der Waals surface area contributed by atoms with E-state index in [1.807, 2.05) is 0 Å². The molecule has 0 aliphatic heterocycles. The van der Waals surface area contributed by atoms with Crippen molar-refractivity contribution in [3.05, 3.63) is 52.2 Å². The molecule has 0 saturated heterocycles. The van der Waals surface area contributed by atoms with Crippen molar-refractivity contribution in [1.82, 2.24) is 14.8 Å². The molecule has 0 radical (unpaired) electrons. The van der Waals surface area contributed by atoms with Crippen LogP contribution in [-0.2, 0) is 21.4 Å². The molecule has 0 saturated carbocycles. The molecule has 0 atom stereocenters. The molecule has 3 aromatic rings. The van der Waals surface area contributed by atoms with E-state index in [4.69, 9.17) is 4.74 Å². The highest BCUT2D eigenvalue weighted by Crippen LogP contribution is 2.24. The number of methoxy groups -OCH3 is 1. The minimum absolute atomic E-state index is 0.00173. The van der Waals surface area contributed by atoms with Gasteiger partial charge in [0.25, 0.3) is 10.0 Å². The number of amides is 1. The Bertz CT molecular complexity index is 1120. The summed E-state index contributed by atoms with van der Waals surface area (Å²) in [7, 11) is -2.56. The van der Waals surface area contributed by atoms with Gasteiger partial charge >= 0.3 is 11.6 Å². The monoisotopic (exact) mass is 438 g/mol. The van der Waals surface area contributed by atoms with Crippen molar-refractivity contribution >= 4 is 43.8 Å². The fourth-order valence-corrected chi connectivity index (χ4v) is 4.05. The number of nitrogens with one attached hydrogen (secondary N) is 2. The topological polar surface area (TPSA) is 158 Å². The molecule has 29 heavy (non-hydrogen) atoms. The molecule has 12 nitrogen and oxygen atoms in total. The van der Waals surface area contributed by atoms with Gasteiger partial charge in [0, 0.05) is 17.3 Å². The Morgan fingerprint density at radius 1 is 1.34 bits per heavy atom.